The number of aryl methyl sites for hydroxylation is 1. The average Bonchev–Trinajstić information content (AvgIpc) is 4.09. The average molecular weight is 778 g/mol. The van der Waals surface area contributed by atoms with Crippen LogP contribution in [0.25, 0.3) is 11.0 Å². The topological polar surface area (TPSA) is 177 Å². The van der Waals surface area contributed by atoms with Crippen LogP contribution in [0.2, 0.25) is 0 Å². The number of anilines is 2. The Bertz CT molecular complexity index is 2440. The minimum Gasteiger partial charge on any atom is -0.457 e. The fourth-order valence-corrected chi connectivity index (χ4v) is 7.74. The van der Waals surface area contributed by atoms with Gasteiger partial charge < -0.3 is 34.0 Å². The zero-order valence-electron chi connectivity index (χ0n) is 30.7. The third kappa shape index (κ3) is 8.16. The normalized spacial score (nSPS) is 21.1. The number of imidazole rings is 1. The Labute approximate surface area is 329 Å². The summed E-state index contributed by atoms with van der Waals surface area (Å²) in [5.41, 5.74) is 4.69. The van der Waals surface area contributed by atoms with Gasteiger partial charge in [-0.1, -0.05) is 7.43 Å². The molecule has 9 rings (SSSR count). The van der Waals surface area contributed by atoms with Crippen LogP contribution in [0.4, 0.5) is 11.6 Å². The van der Waals surface area contributed by atoms with E-state index in [2.05, 4.69) is 10.3 Å². The van der Waals surface area contributed by atoms with Gasteiger partial charge in [-0.25, -0.2) is 4.98 Å². The summed E-state index contributed by atoms with van der Waals surface area (Å²) in [6, 6.07) is 12.6. The summed E-state index contributed by atoms with van der Waals surface area (Å²) < 4.78 is 11.3. The number of benzene rings is 1. The maximum absolute atomic E-state index is 13.3. The molecular weight excluding hydrogens is 731 g/mol. The standard InChI is InChI=1S/C28H29N5O4.C13H14N2O2S.CH4/c1-16(34)11-19-13-21(9-10-29-19)37-20-5-6-22-25(14-20)32(2)28(30-22)31-23-12-18(17-3-4-17)15-33(27(23)36)24-7-8-26(24)35;14-7-18-12-5-9(8-1-2-8)6-15(13(12)17)10-3-4-11(10)16;/h5-6,9-10,12-15,17,24,26,35H,3-4,7-8,11H2,1-2H3,(H,30,31);5-6,8,10-11,16H,1-4H2;1H4/t;10?,11-;/m.1./s1. The van der Waals surface area contributed by atoms with Gasteiger partial charge >= 0.3 is 0 Å². The number of thioether (sulfide) groups is 1. The summed E-state index contributed by atoms with van der Waals surface area (Å²) >= 11 is 0.919. The molecule has 5 aromatic rings. The Balaban J connectivity index is 0.000000212. The second kappa shape index (κ2) is 16.1. The lowest BCUT2D eigenvalue weighted by molar-refractivity contribution is -0.116. The largest absolute Gasteiger partial charge is 0.457 e. The monoisotopic (exact) mass is 777 g/mol. The van der Waals surface area contributed by atoms with Gasteiger partial charge in [0.2, 0.25) is 5.95 Å². The van der Waals surface area contributed by atoms with E-state index in [1.165, 1.54) is 6.92 Å². The number of aliphatic hydroxyl groups is 2. The molecule has 3 N–H and O–H groups in total. The lowest BCUT2D eigenvalue weighted by Crippen LogP contribution is -2.39. The van der Waals surface area contributed by atoms with Gasteiger partial charge in [-0.3, -0.25) is 19.4 Å². The van der Waals surface area contributed by atoms with Gasteiger partial charge in [0.15, 0.2) is 0 Å². The van der Waals surface area contributed by atoms with Crippen molar-refractivity contribution < 1.29 is 19.7 Å². The third-order valence-electron chi connectivity index (χ3n) is 11.0. The van der Waals surface area contributed by atoms with Gasteiger partial charge in [0.1, 0.15) is 28.4 Å². The van der Waals surface area contributed by atoms with Gasteiger partial charge in [-0.15, -0.1) is 0 Å². The first kappa shape index (κ1) is 39.0. The molecule has 0 aliphatic heterocycles. The molecule has 4 fully saturated rings. The molecule has 4 aromatic heterocycles. The highest BCUT2D eigenvalue weighted by molar-refractivity contribution is 8.03. The molecule has 0 radical (unpaired) electrons. The number of rotatable bonds is 11. The van der Waals surface area contributed by atoms with E-state index in [1.807, 2.05) is 59.7 Å². The minimum absolute atomic E-state index is 0. The Kier molecular flexibility index (Phi) is 11.2. The van der Waals surface area contributed by atoms with E-state index in [1.54, 1.807) is 27.5 Å². The molecule has 292 valence electrons. The molecule has 14 heteroatoms. The van der Waals surface area contributed by atoms with Crippen molar-refractivity contribution in [1.82, 2.24) is 23.7 Å². The number of hydrogen-bond donors (Lipinski definition) is 3. The van der Waals surface area contributed by atoms with Crippen molar-refractivity contribution in [2.24, 2.45) is 7.05 Å². The van der Waals surface area contributed by atoms with Crippen molar-refractivity contribution >= 4 is 40.2 Å². The molecule has 4 atom stereocenters. The first-order valence-corrected chi connectivity index (χ1v) is 19.7. The number of hydrogen-bond acceptors (Lipinski definition) is 11. The van der Waals surface area contributed by atoms with Crippen LogP contribution in [-0.4, -0.2) is 51.9 Å². The SMILES string of the molecule is C.CC(=O)Cc1cc(Oc2ccc3nc(Nc4cc(C5CC5)cn(C5CCC5O)c4=O)n(C)c3c2)ccn1.N#CSc1cc(C2CC2)cn(C2CC[C@H]2O)c1=O. The van der Waals surface area contributed by atoms with Crippen molar-refractivity contribution in [3.63, 3.8) is 0 Å². The van der Waals surface area contributed by atoms with Gasteiger partial charge in [0.05, 0.1) is 45.9 Å². The molecular formula is C42H47N7O6S. The highest BCUT2D eigenvalue weighted by Gasteiger charge is 2.35. The number of ketones is 1. The molecule has 1 aromatic carbocycles. The highest BCUT2D eigenvalue weighted by atomic mass is 32.2. The quantitative estimate of drug-likeness (QED) is 0.0930. The van der Waals surface area contributed by atoms with Gasteiger partial charge in [0.25, 0.3) is 11.1 Å². The zero-order valence-corrected chi connectivity index (χ0v) is 31.5. The predicted molar refractivity (Wildman–Crippen MR) is 215 cm³/mol. The van der Waals surface area contributed by atoms with Crippen LogP contribution >= 0.6 is 11.8 Å². The van der Waals surface area contributed by atoms with Crippen molar-refractivity contribution in [3.8, 4) is 16.9 Å². The Hall–Kier alpha value is -5.23. The number of nitrogens with one attached hydrogen (secondary N) is 1. The molecule has 0 amide bonds. The number of aromatic nitrogens is 5. The second-order valence-corrected chi connectivity index (χ2v) is 16.0. The molecule has 0 bridgehead atoms. The van der Waals surface area contributed by atoms with Crippen molar-refractivity contribution in [3.05, 3.63) is 98.6 Å². The highest BCUT2D eigenvalue weighted by Crippen LogP contribution is 2.43. The molecule has 4 aliphatic rings. The summed E-state index contributed by atoms with van der Waals surface area (Å²) in [5.74, 6) is 2.81. The third-order valence-corrected chi connectivity index (χ3v) is 11.6. The molecule has 0 saturated heterocycles. The Morgan fingerprint density at radius 2 is 1.52 bits per heavy atom. The Morgan fingerprint density at radius 1 is 0.893 bits per heavy atom. The van der Waals surface area contributed by atoms with Crippen LogP contribution in [-0.2, 0) is 18.3 Å². The lowest BCUT2D eigenvalue weighted by atomic mass is 9.88. The maximum Gasteiger partial charge on any atom is 0.274 e. The number of nitrogens with zero attached hydrogens (tertiary/aromatic N) is 6. The van der Waals surface area contributed by atoms with E-state index in [0.29, 0.717) is 45.6 Å². The molecule has 56 heavy (non-hydrogen) atoms. The van der Waals surface area contributed by atoms with Crippen LogP contribution in [0.15, 0.2) is 75.5 Å². The van der Waals surface area contributed by atoms with Crippen LogP contribution in [0.5, 0.6) is 11.5 Å². The van der Waals surface area contributed by atoms with Crippen LogP contribution in [0.1, 0.15) is 106 Å². The maximum atomic E-state index is 13.3. The predicted octanol–water partition coefficient (Wildman–Crippen LogP) is 7.00. The van der Waals surface area contributed by atoms with Gasteiger partial charge in [0, 0.05) is 44.2 Å². The summed E-state index contributed by atoms with van der Waals surface area (Å²) in [5, 5.41) is 33.9. The van der Waals surface area contributed by atoms with Gasteiger partial charge in [-0.05, 0) is 123 Å². The smallest absolute Gasteiger partial charge is 0.274 e. The lowest BCUT2D eigenvalue weighted by Gasteiger charge is -2.34. The minimum atomic E-state index is -0.479. The Morgan fingerprint density at radius 3 is 2.09 bits per heavy atom. The number of aliphatic hydroxyl groups excluding tert-OH is 2. The van der Waals surface area contributed by atoms with E-state index in [-0.39, 0.29) is 42.8 Å². The van der Waals surface area contributed by atoms with E-state index >= 15 is 0 Å². The van der Waals surface area contributed by atoms with E-state index in [4.69, 9.17) is 15.0 Å². The fourth-order valence-electron chi connectivity index (χ4n) is 7.26. The number of carbonyl (C=O) groups is 1. The molecule has 4 heterocycles. The summed E-state index contributed by atoms with van der Waals surface area (Å²) in [6.07, 6.45) is 12.5. The molecule has 13 nitrogen and oxygen atoms in total. The molecule has 3 unspecified atom stereocenters. The fraction of sp³-hybridized carbons (Fsp3) is 0.429. The molecule has 4 saturated carbocycles. The number of nitriles is 1. The number of fused-ring (bicyclic) bond motifs is 1. The van der Waals surface area contributed by atoms with Crippen molar-refractivity contribution in [1.29, 1.82) is 5.26 Å². The summed E-state index contributed by atoms with van der Waals surface area (Å²) in [4.78, 5) is 46.4. The van der Waals surface area contributed by atoms with E-state index in [0.717, 1.165) is 85.3 Å². The van der Waals surface area contributed by atoms with E-state index < -0.39 is 12.2 Å². The van der Waals surface area contributed by atoms with Crippen molar-refractivity contribution in [2.75, 3.05) is 5.32 Å². The van der Waals surface area contributed by atoms with Crippen LogP contribution in [0.3, 0.4) is 0 Å². The summed E-state index contributed by atoms with van der Waals surface area (Å²) in [6.45, 7) is 1.53. The number of carbonyl (C=O) groups excluding carboxylic acids is 1. The number of ether oxygens (including phenoxy) is 1. The number of pyridine rings is 3. The summed E-state index contributed by atoms with van der Waals surface area (Å²) in [7, 11) is 1.89. The first-order valence-electron chi connectivity index (χ1n) is 18.9. The van der Waals surface area contributed by atoms with E-state index in [9.17, 15) is 24.6 Å². The second-order valence-electron chi connectivity index (χ2n) is 15.1. The van der Waals surface area contributed by atoms with Crippen molar-refractivity contribution in [2.45, 2.75) is 113 Å². The van der Waals surface area contributed by atoms with Crippen LogP contribution < -0.4 is 21.2 Å². The van der Waals surface area contributed by atoms with Crippen LogP contribution in [0, 0.1) is 10.7 Å². The first-order chi connectivity index (χ1) is 26.6. The molecule has 0 spiro atoms. The zero-order chi connectivity index (χ0) is 38.4. The molecule has 4 aliphatic carbocycles. The number of Topliss-reactive ketones (excluding diaryl/α,β-unsaturated/α-hetero) is 1. The van der Waals surface area contributed by atoms with Gasteiger partial charge in [-0.2, -0.15) is 5.26 Å². The number of thiocyanates is 1.